The Bertz CT molecular complexity index is 764. The molecule has 1 aliphatic rings. The van der Waals surface area contributed by atoms with E-state index in [-0.39, 0.29) is 19.6 Å². The molecule has 0 amide bonds. The summed E-state index contributed by atoms with van der Waals surface area (Å²) in [7, 11) is 0. The van der Waals surface area contributed by atoms with E-state index in [4.69, 9.17) is 16.3 Å². The second-order valence-corrected chi connectivity index (χ2v) is 6.83. The summed E-state index contributed by atoms with van der Waals surface area (Å²) in [5.74, 6) is -0.243. The van der Waals surface area contributed by atoms with Crippen molar-refractivity contribution in [3.63, 3.8) is 0 Å². The van der Waals surface area contributed by atoms with Gasteiger partial charge in [-0.3, -0.25) is 0 Å². The van der Waals surface area contributed by atoms with Crippen molar-refractivity contribution < 1.29 is 23.0 Å². The molecule has 0 radical (unpaired) electrons. The lowest BCUT2D eigenvalue weighted by Gasteiger charge is -2.25. The van der Waals surface area contributed by atoms with Crippen LogP contribution in [-0.2, 0) is 0 Å². The lowest BCUT2D eigenvalue weighted by Crippen LogP contribution is -2.32. The molecule has 2 aromatic rings. The fraction of sp³-hybridized carbons (Fsp3) is 0.368. The Kier molecular flexibility index (Phi) is 5.34. The number of hydrogen-bond acceptors (Lipinski definition) is 3. The number of anilines is 1. The molecule has 3 rings (SSSR count). The number of hydrogen-bond donors (Lipinski definition) is 1. The lowest BCUT2D eigenvalue weighted by atomic mass is 10.1. The molecule has 0 aromatic heterocycles. The van der Waals surface area contributed by atoms with Crippen LogP contribution in [0.4, 0.5) is 18.9 Å². The Morgan fingerprint density at radius 2 is 1.88 bits per heavy atom. The van der Waals surface area contributed by atoms with Crippen LogP contribution in [0.2, 0.25) is 5.02 Å². The van der Waals surface area contributed by atoms with Crippen LogP contribution >= 0.6 is 11.6 Å². The average molecular weight is 386 g/mol. The van der Waals surface area contributed by atoms with Gasteiger partial charge in [-0.1, -0.05) is 17.7 Å². The molecule has 3 nitrogen and oxygen atoms in total. The average Bonchev–Trinajstić information content (AvgIpc) is 3.04. The molecule has 1 saturated heterocycles. The quantitative estimate of drug-likeness (QED) is 0.786. The van der Waals surface area contributed by atoms with Crippen LogP contribution in [0.15, 0.2) is 42.5 Å². The Labute approximate surface area is 155 Å². The van der Waals surface area contributed by atoms with E-state index in [1.807, 2.05) is 6.92 Å². The minimum Gasteiger partial charge on any atom is -0.457 e. The van der Waals surface area contributed by atoms with E-state index in [0.29, 0.717) is 22.2 Å². The van der Waals surface area contributed by atoms with Crippen LogP contribution < -0.4 is 9.64 Å². The number of halogens is 4. The minimum absolute atomic E-state index is 0.0973. The molecule has 0 bridgehead atoms. The first-order chi connectivity index (χ1) is 12.3. The number of nitrogens with zero attached hydrogens (tertiary/aromatic N) is 1. The first kappa shape index (κ1) is 18.9. The molecule has 0 spiro atoms. The number of aliphatic hydroxyl groups excluding tert-OH is 1. The van der Waals surface area contributed by atoms with Crippen LogP contribution in [0.1, 0.15) is 12.0 Å². The summed E-state index contributed by atoms with van der Waals surface area (Å²) in [4.78, 5) is 1.60. The highest BCUT2D eigenvalue weighted by Crippen LogP contribution is 2.39. The van der Waals surface area contributed by atoms with Gasteiger partial charge in [0.15, 0.2) is 0 Å². The number of rotatable bonds is 4. The van der Waals surface area contributed by atoms with Crippen molar-refractivity contribution in [2.45, 2.75) is 25.6 Å². The van der Waals surface area contributed by atoms with Crippen LogP contribution in [0.5, 0.6) is 11.5 Å². The standard InChI is InChI=1S/C19H19ClF3NO2/c1-12-17(20)3-2-4-18(12)26-16-7-5-14(6-8-16)24-10-13(19(21,22)23)9-15(24)11-25/h2-8,13,15,25H,9-11H2,1H3. The molecule has 1 fully saturated rings. The summed E-state index contributed by atoms with van der Waals surface area (Å²) in [6.07, 6.45) is -4.35. The molecule has 2 unspecified atom stereocenters. The Balaban J connectivity index is 1.76. The van der Waals surface area contributed by atoms with Crippen molar-refractivity contribution in [2.75, 3.05) is 18.1 Å². The number of benzene rings is 2. The molecule has 7 heteroatoms. The second-order valence-electron chi connectivity index (χ2n) is 6.42. The second kappa shape index (κ2) is 7.37. The highest BCUT2D eigenvalue weighted by atomic mass is 35.5. The van der Waals surface area contributed by atoms with Gasteiger partial charge in [0.2, 0.25) is 0 Å². The van der Waals surface area contributed by atoms with E-state index in [1.54, 1.807) is 47.4 Å². The lowest BCUT2D eigenvalue weighted by molar-refractivity contribution is -0.168. The van der Waals surface area contributed by atoms with E-state index in [1.165, 1.54) is 0 Å². The molecule has 26 heavy (non-hydrogen) atoms. The fourth-order valence-corrected chi connectivity index (χ4v) is 3.34. The van der Waals surface area contributed by atoms with Crippen molar-refractivity contribution in [2.24, 2.45) is 5.92 Å². The van der Waals surface area contributed by atoms with Gasteiger partial charge in [0.25, 0.3) is 0 Å². The van der Waals surface area contributed by atoms with Crippen molar-refractivity contribution in [3.8, 4) is 11.5 Å². The zero-order valence-corrected chi connectivity index (χ0v) is 14.9. The molecule has 140 valence electrons. The largest absolute Gasteiger partial charge is 0.457 e. The van der Waals surface area contributed by atoms with E-state index in [9.17, 15) is 18.3 Å². The minimum atomic E-state index is -4.25. The van der Waals surface area contributed by atoms with Crippen molar-refractivity contribution in [1.29, 1.82) is 0 Å². The van der Waals surface area contributed by atoms with Crippen molar-refractivity contribution >= 4 is 17.3 Å². The van der Waals surface area contributed by atoms with Crippen LogP contribution in [0.25, 0.3) is 0 Å². The highest BCUT2D eigenvalue weighted by Gasteiger charge is 2.47. The van der Waals surface area contributed by atoms with Gasteiger partial charge in [0, 0.05) is 22.8 Å². The molecular formula is C19H19ClF3NO2. The molecule has 1 N–H and O–H groups in total. The molecule has 1 aliphatic heterocycles. The number of alkyl halides is 3. The molecular weight excluding hydrogens is 367 g/mol. The first-order valence-electron chi connectivity index (χ1n) is 8.27. The Hall–Kier alpha value is -1.92. The van der Waals surface area contributed by atoms with E-state index in [2.05, 4.69) is 0 Å². The predicted molar refractivity (Wildman–Crippen MR) is 95.1 cm³/mol. The first-order valence-corrected chi connectivity index (χ1v) is 8.64. The van der Waals surface area contributed by atoms with Gasteiger partial charge in [-0.05, 0) is 49.7 Å². The summed E-state index contributed by atoms with van der Waals surface area (Å²) in [5, 5.41) is 10.0. The zero-order valence-electron chi connectivity index (χ0n) is 14.1. The third-order valence-electron chi connectivity index (χ3n) is 4.70. The summed E-state index contributed by atoms with van der Waals surface area (Å²) in [6, 6.07) is 11.6. The van der Waals surface area contributed by atoms with Gasteiger partial charge in [0.05, 0.1) is 18.6 Å². The van der Waals surface area contributed by atoms with Crippen molar-refractivity contribution in [3.05, 3.63) is 53.1 Å². The van der Waals surface area contributed by atoms with E-state index < -0.39 is 18.1 Å². The molecule has 0 aliphatic carbocycles. The van der Waals surface area contributed by atoms with Gasteiger partial charge < -0.3 is 14.7 Å². The number of ether oxygens (including phenoxy) is 1. The molecule has 0 saturated carbocycles. The monoisotopic (exact) mass is 385 g/mol. The molecule has 2 atom stereocenters. The van der Waals surface area contributed by atoms with Gasteiger partial charge in [-0.2, -0.15) is 13.2 Å². The Morgan fingerprint density at radius 1 is 1.19 bits per heavy atom. The van der Waals surface area contributed by atoms with Gasteiger partial charge in [-0.25, -0.2) is 0 Å². The third kappa shape index (κ3) is 3.91. The summed E-state index contributed by atoms with van der Waals surface area (Å²) in [6.45, 7) is 1.38. The van der Waals surface area contributed by atoms with Gasteiger partial charge in [-0.15, -0.1) is 0 Å². The summed E-state index contributed by atoms with van der Waals surface area (Å²) >= 11 is 6.07. The molecule has 1 heterocycles. The van der Waals surface area contributed by atoms with E-state index >= 15 is 0 Å². The van der Waals surface area contributed by atoms with Crippen molar-refractivity contribution in [1.82, 2.24) is 0 Å². The highest BCUT2D eigenvalue weighted by molar-refractivity contribution is 6.31. The maximum absolute atomic E-state index is 13.0. The smallest absolute Gasteiger partial charge is 0.393 e. The Morgan fingerprint density at radius 3 is 2.50 bits per heavy atom. The van der Waals surface area contributed by atoms with Gasteiger partial charge in [0.1, 0.15) is 11.5 Å². The molecule has 2 aromatic carbocycles. The van der Waals surface area contributed by atoms with E-state index in [0.717, 1.165) is 5.56 Å². The van der Waals surface area contributed by atoms with Crippen LogP contribution in [0, 0.1) is 12.8 Å². The summed E-state index contributed by atoms with van der Waals surface area (Å²) in [5.41, 5.74) is 1.44. The normalized spacial score (nSPS) is 20.5. The van der Waals surface area contributed by atoms with Gasteiger partial charge >= 0.3 is 6.18 Å². The maximum atomic E-state index is 13.0. The number of aliphatic hydroxyl groups is 1. The third-order valence-corrected chi connectivity index (χ3v) is 5.11. The van der Waals surface area contributed by atoms with Crippen LogP contribution in [0.3, 0.4) is 0 Å². The fourth-order valence-electron chi connectivity index (χ4n) is 3.17. The predicted octanol–water partition coefficient (Wildman–Crippen LogP) is 5.19. The SMILES string of the molecule is Cc1c(Cl)cccc1Oc1ccc(N2CC(C(F)(F)F)CC2CO)cc1. The van der Waals surface area contributed by atoms with Crippen LogP contribution in [-0.4, -0.2) is 30.5 Å². The maximum Gasteiger partial charge on any atom is 0.393 e. The zero-order chi connectivity index (χ0) is 18.9. The summed E-state index contributed by atoms with van der Waals surface area (Å²) < 4.78 is 44.8. The topological polar surface area (TPSA) is 32.7 Å².